The molecule has 0 rings (SSSR count). The van der Waals surface area contributed by atoms with Crippen molar-refractivity contribution in [3.8, 4) is 0 Å². The Morgan fingerprint density at radius 2 is 1.16 bits per heavy atom. The Morgan fingerprint density at radius 3 is 1.66 bits per heavy atom. The number of carboxylic acids is 2. The Balaban J connectivity index is 4.63. The number of ketones is 2. The molecule has 1 atom stereocenters. The highest BCUT2D eigenvalue weighted by Gasteiger charge is 2.40. The summed E-state index contributed by atoms with van der Waals surface area (Å²) >= 11 is 0. The maximum atomic E-state index is 13.1. The van der Waals surface area contributed by atoms with E-state index in [4.69, 9.17) is 19.3 Å². The van der Waals surface area contributed by atoms with Gasteiger partial charge in [0.05, 0.1) is 62.6 Å². The summed E-state index contributed by atoms with van der Waals surface area (Å²) in [5, 5.41) is 36.3. The molecule has 0 heterocycles. The number of Topliss-reactive ketones (excluding diaryl/α,β-unsaturated/α-hetero) is 2. The smallest absolute Gasteiger partial charge is 0.309 e. The highest BCUT2D eigenvalue weighted by molar-refractivity contribution is 5.90. The first kappa shape index (κ1) is 41.5. The van der Waals surface area contributed by atoms with Crippen LogP contribution in [-0.4, -0.2) is 121 Å². The lowest BCUT2D eigenvalue weighted by Crippen LogP contribution is -2.52. The van der Waals surface area contributed by atoms with E-state index in [-0.39, 0.29) is 64.0 Å². The maximum absolute atomic E-state index is 13.1. The van der Waals surface area contributed by atoms with Crippen molar-refractivity contribution in [3.63, 3.8) is 0 Å². The summed E-state index contributed by atoms with van der Waals surface area (Å²) in [5.41, 5.74) is -4.14. The Bertz CT molecular complexity index is 949. The van der Waals surface area contributed by atoms with E-state index in [2.05, 4.69) is 16.0 Å². The number of hydrogen-bond acceptors (Lipinski definition) is 11. The van der Waals surface area contributed by atoms with E-state index in [9.17, 15) is 34.2 Å². The van der Waals surface area contributed by atoms with E-state index in [1.54, 1.807) is 41.5 Å². The third-order valence-electron chi connectivity index (χ3n) is 7.13. The van der Waals surface area contributed by atoms with Crippen molar-refractivity contribution in [1.82, 2.24) is 16.0 Å². The third kappa shape index (κ3) is 16.5. The number of carbonyl (C=O) groups is 5. The van der Waals surface area contributed by atoms with Crippen LogP contribution in [0.3, 0.4) is 0 Å². The number of nitrogens with one attached hydrogen (secondary N) is 3. The normalized spacial score (nSPS) is 13.4. The lowest BCUT2D eigenvalue weighted by molar-refractivity contribution is -0.150. The molecule has 1 unspecified atom stereocenters. The molecule has 0 fully saturated rings. The fourth-order valence-corrected chi connectivity index (χ4v) is 4.31. The second-order valence-corrected chi connectivity index (χ2v) is 13.2. The zero-order valence-electron chi connectivity index (χ0n) is 27.7. The Labute approximate surface area is 261 Å². The molecule has 0 aliphatic rings. The van der Waals surface area contributed by atoms with Gasteiger partial charge in [0.25, 0.3) is 0 Å². The first-order valence-electron chi connectivity index (χ1n) is 14.8. The Morgan fingerprint density at radius 1 is 0.659 bits per heavy atom. The molecule has 1 amide bonds. The standard InChI is InChI=1S/C30H55N3O11/c1-27(2,20-28(3,4)26(40)41)25(39)33-21(18-24(37)38)17-22(35)29(5,6)31-10-13-43-15-16-44-19-23(36)30(7,8)32-9-12-42-14-11-34/h21,31-32,34H,9-20H2,1-8H3,(H,33,39)(H,37,38)(H,40,41). The minimum absolute atomic E-state index is 0.0150. The minimum atomic E-state index is -1.18. The van der Waals surface area contributed by atoms with Gasteiger partial charge in [-0.15, -0.1) is 0 Å². The quantitative estimate of drug-likeness (QED) is 0.0729. The van der Waals surface area contributed by atoms with Gasteiger partial charge in [-0.25, -0.2) is 0 Å². The number of ether oxygens (including phenoxy) is 3. The number of aliphatic hydroxyl groups is 1. The molecule has 0 aromatic heterocycles. The largest absolute Gasteiger partial charge is 0.481 e. The van der Waals surface area contributed by atoms with Gasteiger partial charge in [0.2, 0.25) is 5.91 Å². The zero-order chi connectivity index (χ0) is 34.2. The predicted octanol–water partition coefficient (Wildman–Crippen LogP) is 0.780. The lowest BCUT2D eigenvalue weighted by atomic mass is 9.74. The number of rotatable bonds is 26. The Kier molecular flexibility index (Phi) is 18.0. The van der Waals surface area contributed by atoms with E-state index >= 15 is 0 Å². The fourth-order valence-electron chi connectivity index (χ4n) is 4.31. The molecule has 0 radical (unpaired) electrons. The third-order valence-corrected chi connectivity index (χ3v) is 7.13. The number of aliphatic carboxylic acids is 2. The zero-order valence-corrected chi connectivity index (χ0v) is 27.7. The highest BCUT2D eigenvalue weighted by atomic mass is 16.5. The Hall–Kier alpha value is -2.49. The summed E-state index contributed by atoms with van der Waals surface area (Å²) in [6, 6.07) is -0.975. The molecule has 0 spiro atoms. The van der Waals surface area contributed by atoms with Gasteiger partial charge < -0.3 is 45.5 Å². The van der Waals surface area contributed by atoms with Crippen molar-refractivity contribution in [2.45, 2.75) is 91.8 Å². The summed E-state index contributed by atoms with van der Waals surface area (Å²) in [4.78, 5) is 61.4. The van der Waals surface area contributed by atoms with Crippen molar-refractivity contribution in [2.75, 3.05) is 59.3 Å². The number of carbonyl (C=O) groups excluding carboxylic acids is 3. The van der Waals surface area contributed by atoms with Gasteiger partial charge in [-0.3, -0.25) is 24.0 Å². The first-order valence-corrected chi connectivity index (χ1v) is 14.8. The van der Waals surface area contributed by atoms with E-state index in [0.717, 1.165) is 0 Å². The van der Waals surface area contributed by atoms with E-state index in [1.165, 1.54) is 13.8 Å². The van der Waals surface area contributed by atoms with Crippen LogP contribution in [0.1, 0.15) is 74.7 Å². The van der Waals surface area contributed by atoms with Crippen LogP contribution in [0.5, 0.6) is 0 Å². The van der Waals surface area contributed by atoms with E-state index in [0.29, 0.717) is 19.7 Å². The molecule has 6 N–H and O–H groups in total. The molecule has 0 saturated heterocycles. The van der Waals surface area contributed by atoms with Gasteiger partial charge in [0, 0.05) is 31.0 Å². The molecule has 0 aliphatic heterocycles. The molecule has 14 heteroatoms. The van der Waals surface area contributed by atoms with Crippen LogP contribution in [0, 0.1) is 10.8 Å². The average molecular weight is 634 g/mol. The van der Waals surface area contributed by atoms with Crippen LogP contribution in [0.25, 0.3) is 0 Å². The van der Waals surface area contributed by atoms with Crippen molar-refractivity contribution < 1.29 is 53.5 Å². The summed E-state index contributed by atoms with van der Waals surface area (Å²) in [5.74, 6) is -3.21. The maximum Gasteiger partial charge on any atom is 0.309 e. The molecule has 0 aliphatic carbocycles. The predicted molar refractivity (Wildman–Crippen MR) is 162 cm³/mol. The van der Waals surface area contributed by atoms with Crippen LogP contribution >= 0.6 is 0 Å². The topological polar surface area (TPSA) is 210 Å². The molecule has 0 aromatic carbocycles. The average Bonchev–Trinajstić information content (AvgIpc) is 2.88. The molecule has 0 aromatic rings. The van der Waals surface area contributed by atoms with Crippen molar-refractivity contribution in [2.24, 2.45) is 10.8 Å². The lowest BCUT2D eigenvalue weighted by Gasteiger charge is -2.33. The van der Waals surface area contributed by atoms with Gasteiger partial charge in [-0.1, -0.05) is 13.8 Å². The van der Waals surface area contributed by atoms with Gasteiger partial charge in [0.1, 0.15) is 6.61 Å². The molecule has 14 nitrogen and oxygen atoms in total. The highest BCUT2D eigenvalue weighted by Crippen LogP contribution is 2.34. The molecule has 256 valence electrons. The monoisotopic (exact) mass is 633 g/mol. The molecule has 0 bridgehead atoms. The summed E-state index contributed by atoms with van der Waals surface area (Å²) in [7, 11) is 0. The van der Waals surface area contributed by atoms with Gasteiger partial charge in [0.15, 0.2) is 11.6 Å². The fraction of sp³-hybridized carbons (Fsp3) is 0.833. The van der Waals surface area contributed by atoms with Crippen LogP contribution in [0.4, 0.5) is 0 Å². The van der Waals surface area contributed by atoms with Crippen molar-refractivity contribution in [3.05, 3.63) is 0 Å². The van der Waals surface area contributed by atoms with Crippen LogP contribution in [-0.2, 0) is 38.2 Å². The molecular formula is C30H55N3O11. The first-order chi connectivity index (χ1) is 20.2. The second-order valence-electron chi connectivity index (χ2n) is 13.2. The van der Waals surface area contributed by atoms with Gasteiger partial charge in [-0.2, -0.15) is 0 Å². The number of aliphatic hydroxyl groups excluding tert-OH is 1. The minimum Gasteiger partial charge on any atom is -0.481 e. The van der Waals surface area contributed by atoms with Crippen LogP contribution in [0.15, 0.2) is 0 Å². The summed E-state index contributed by atoms with van der Waals surface area (Å²) in [6.45, 7) is 14.9. The number of amides is 1. The molecule has 44 heavy (non-hydrogen) atoms. The SMILES string of the molecule is CC(C)(CC(C)(C)C(=O)NC(CC(=O)O)CC(=O)C(C)(C)NCCOCCOCC(=O)C(C)(C)NCCOCCO)C(=O)O. The van der Waals surface area contributed by atoms with Gasteiger partial charge >= 0.3 is 11.9 Å². The van der Waals surface area contributed by atoms with E-state index in [1.807, 2.05) is 0 Å². The second kappa shape index (κ2) is 19.1. The molecular weight excluding hydrogens is 578 g/mol. The van der Waals surface area contributed by atoms with Crippen LogP contribution in [0.2, 0.25) is 0 Å². The van der Waals surface area contributed by atoms with E-state index < -0.39 is 52.2 Å². The molecule has 0 saturated carbocycles. The number of hydrogen-bond donors (Lipinski definition) is 6. The summed E-state index contributed by atoms with van der Waals surface area (Å²) in [6.07, 6.45) is -0.689. The van der Waals surface area contributed by atoms with Gasteiger partial charge in [-0.05, 0) is 48.0 Å². The number of carboxylic acid groups (broad SMARTS) is 2. The van der Waals surface area contributed by atoms with Crippen LogP contribution < -0.4 is 16.0 Å². The summed E-state index contributed by atoms with van der Waals surface area (Å²) < 4.78 is 16.1. The van der Waals surface area contributed by atoms with Crippen molar-refractivity contribution in [1.29, 1.82) is 0 Å². The van der Waals surface area contributed by atoms with Crippen molar-refractivity contribution >= 4 is 29.4 Å².